The van der Waals surface area contributed by atoms with Crippen molar-refractivity contribution in [3.05, 3.63) is 0 Å². The van der Waals surface area contributed by atoms with Crippen molar-refractivity contribution in [2.75, 3.05) is 0 Å². The summed E-state index contributed by atoms with van der Waals surface area (Å²) < 4.78 is 35.4. The Balaban J connectivity index is 0. The summed E-state index contributed by atoms with van der Waals surface area (Å²) in [5.41, 5.74) is 0. The van der Waals surface area contributed by atoms with Crippen molar-refractivity contribution in [2.24, 2.45) is 0 Å². The van der Waals surface area contributed by atoms with E-state index in [1.165, 1.54) is 39.5 Å². The predicted molar refractivity (Wildman–Crippen MR) is 82.4 cm³/mol. The van der Waals surface area contributed by atoms with Crippen LogP contribution in [0.3, 0.4) is 0 Å². The van der Waals surface area contributed by atoms with Gasteiger partial charge in [0.05, 0.1) is 0 Å². The summed E-state index contributed by atoms with van der Waals surface area (Å²) in [6.07, 6.45) is 3.70. The van der Waals surface area contributed by atoms with E-state index in [0.29, 0.717) is 0 Å². The van der Waals surface area contributed by atoms with Gasteiger partial charge in [-0.25, -0.2) is 9.78 Å². The third-order valence-electron chi connectivity index (χ3n) is 2.30. The molecule has 0 bridgehead atoms. The van der Waals surface area contributed by atoms with Crippen LogP contribution in [-0.4, -0.2) is 52.1 Å². The second kappa shape index (κ2) is 19.2. The van der Waals surface area contributed by atoms with Crippen molar-refractivity contribution in [3.8, 4) is 0 Å². The minimum absolute atomic E-state index is 0.149. The van der Waals surface area contributed by atoms with Crippen LogP contribution < -0.4 is 9.59 Å². The first kappa shape index (κ1) is 26.1. The van der Waals surface area contributed by atoms with Gasteiger partial charge in [-0.2, -0.15) is 0 Å². The molecule has 140 valence electrons. The van der Waals surface area contributed by atoms with Gasteiger partial charge in [-0.15, -0.1) is 0 Å². The summed E-state index contributed by atoms with van der Waals surface area (Å²) in [5, 5.41) is 0. The Labute approximate surface area is 156 Å². The Bertz CT molecular complexity index is 295. The maximum absolute atomic E-state index is 9.94. The molecule has 2 atom stereocenters. The van der Waals surface area contributed by atoms with Crippen LogP contribution in [0.5, 0.6) is 0 Å². The standard InChI is InChI=1S/C4H8O9Si2.2C4H9.Sn/c1-3(10-12-14(5)6)9-4(2)11-13-15(7)8;2*1-3-4-2;/h3-4H,1-2H3;2*1,3-4H2,2H3;/q-2;;;+2. The van der Waals surface area contributed by atoms with Crippen LogP contribution in [0.1, 0.15) is 53.4 Å². The van der Waals surface area contributed by atoms with E-state index in [4.69, 9.17) is 4.74 Å². The van der Waals surface area contributed by atoms with Gasteiger partial charge in [0.2, 0.25) is 0 Å². The quantitative estimate of drug-likeness (QED) is 0.111. The van der Waals surface area contributed by atoms with Crippen molar-refractivity contribution >= 4 is 39.5 Å². The van der Waals surface area contributed by atoms with Gasteiger partial charge >= 0.3 is 87.9 Å². The van der Waals surface area contributed by atoms with Crippen LogP contribution in [0.15, 0.2) is 0 Å². The Morgan fingerprint density at radius 2 is 1.25 bits per heavy atom. The first-order chi connectivity index (χ1) is 11.3. The molecule has 0 radical (unpaired) electrons. The van der Waals surface area contributed by atoms with Crippen molar-refractivity contribution in [1.29, 1.82) is 0 Å². The Hall–Kier alpha value is -0.0875. The molecular weight excluding hydrogens is 463 g/mol. The van der Waals surface area contributed by atoms with Crippen LogP contribution in [-0.2, 0) is 32.6 Å². The fourth-order valence-electron chi connectivity index (χ4n) is 1.26. The second-order valence-corrected chi connectivity index (χ2v) is 10.2. The zero-order valence-electron chi connectivity index (χ0n) is 14.6. The molecule has 0 spiro atoms. The van der Waals surface area contributed by atoms with Crippen LogP contribution >= 0.6 is 0 Å². The first-order valence-electron chi connectivity index (χ1n) is 7.78. The van der Waals surface area contributed by atoms with E-state index >= 15 is 0 Å². The fraction of sp³-hybridized carbons (Fsp3) is 1.00. The second-order valence-electron chi connectivity index (χ2n) is 4.59. The molecule has 24 heavy (non-hydrogen) atoms. The molecule has 0 saturated carbocycles. The van der Waals surface area contributed by atoms with E-state index in [1.807, 2.05) is 0 Å². The predicted octanol–water partition coefficient (Wildman–Crippen LogP) is 0.270. The van der Waals surface area contributed by atoms with Crippen molar-refractivity contribution in [2.45, 2.75) is 74.8 Å². The average Bonchev–Trinajstić information content (AvgIpc) is 2.51. The normalized spacial score (nSPS) is 12.2. The van der Waals surface area contributed by atoms with E-state index in [-0.39, 0.29) is 21.1 Å². The van der Waals surface area contributed by atoms with Gasteiger partial charge in [-0.3, -0.25) is 0 Å². The van der Waals surface area contributed by atoms with Crippen molar-refractivity contribution < 1.29 is 42.2 Å². The molecular formula is C12H26O9Si2Sn. The molecule has 0 aromatic heterocycles. The molecule has 0 fully saturated rings. The Kier molecular flexibility index (Phi) is 21.0. The molecule has 9 nitrogen and oxygen atoms in total. The summed E-state index contributed by atoms with van der Waals surface area (Å²) in [5.74, 6) is 0. The van der Waals surface area contributed by atoms with E-state index < -0.39 is 30.9 Å². The van der Waals surface area contributed by atoms with Gasteiger partial charge in [0.1, 0.15) is 0 Å². The molecule has 0 aliphatic carbocycles. The molecule has 0 aliphatic heterocycles. The topological polar surface area (TPSA) is 126 Å². The molecule has 12 heteroatoms. The number of ether oxygens (including phenoxy) is 1. The molecule has 0 N–H and O–H groups in total. The monoisotopic (exact) mass is 490 g/mol. The SMILES string of the molecule is CC(OO[Si](=O)[O-])OC(C)OO[Si](=O)[O-].CCC[CH2][Sn+2][CH2]CCC. The zero-order valence-corrected chi connectivity index (χ0v) is 19.4. The van der Waals surface area contributed by atoms with Gasteiger partial charge < -0.3 is 32.4 Å². The molecule has 0 aromatic carbocycles. The molecule has 2 unspecified atom stereocenters. The van der Waals surface area contributed by atoms with E-state index in [9.17, 15) is 18.5 Å². The number of hydrogen-bond donors (Lipinski definition) is 0. The molecule has 0 saturated heterocycles. The average molecular weight is 489 g/mol. The summed E-state index contributed by atoms with van der Waals surface area (Å²) in [6.45, 7) is 7.20. The summed E-state index contributed by atoms with van der Waals surface area (Å²) >= 11 is 0.149. The van der Waals surface area contributed by atoms with E-state index in [1.54, 1.807) is 8.87 Å². The third-order valence-corrected chi connectivity index (χ3v) is 6.80. The Morgan fingerprint density at radius 3 is 1.54 bits per heavy atom. The van der Waals surface area contributed by atoms with Crippen LogP contribution in [0.4, 0.5) is 0 Å². The third kappa shape index (κ3) is 24.2. The summed E-state index contributed by atoms with van der Waals surface area (Å²) in [6, 6.07) is 0. The molecule has 0 aliphatic rings. The van der Waals surface area contributed by atoms with E-state index in [2.05, 4.69) is 32.8 Å². The number of unbranched alkanes of at least 4 members (excludes halogenated alkanes) is 2. The fourth-order valence-corrected chi connectivity index (χ4v) is 5.84. The van der Waals surface area contributed by atoms with Crippen LogP contribution in [0.25, 0.3) is 0 Å². The first-order valence-corrected chi connectivity index (χ1v) is 14.3. The minimum atomic E-state index is -3.46. The molecule has 0 amide bonds. The van der Waals surface area contributed by atoms with Crippen LogP contribution in [0.2, 0.25) is 8.87 Å². The number of hydrogen-bond acceptors (Lipinski definition) is 9. The Morgan fingerprint density at radius 1 is 0.875 bits per heavy atom. The van der Waals surface area contributed by atoms with Gasteiger partial charge in [0.25, 0.3) is 0 Å². The van der Waals surface area contributed by atoms with Crippen LogP contribution in [0, 0.1) is 0 Å². The van der Waals surface area contributed by atoms with Gasteiger partial charge in [0.15, 0.2) is 12.6 Å². The van der Waals surface area contributed by atoms with Gasteiger partial charge in [-0.05, 0) is 13.8 Å². The molecule has 0 rings (SSSR count). The molecule has 0 aromatic rings. The zero-order chi connectivity index (χ0) is 18.8. The van der Waals surface area contributed by atoms with Gasteiger partial charge in [0, 0.05) is 0 Å². The van der Waals surface area contributed by atoms with Crippen molar-refractivity contribution in [3.63, 3.8) is 0 Å². The van der Waals surface area contributed by atoms with Gasteiger partial charge in [-0.1, -0.05) is 0 Å². The summed E-state index contributed by atoms with van der Waals surface area (Å²) in [7, 11) is -6.92. The van der Waals surface area contributed by atoms with E-state index in [0.717, 1.165) is 0 Å². The molecule has 0 heterocycles. The van der Waals surface area contributed by atoms with Crippen molar-refractivity contribution in [1.82, 2.24) is 0 Å². The maximum atomic E-state index is 9.94. The number of rotatable bonds is 14. The summed E-state index contributed by atoms with van der Waals surface area (Å²) in [4.78, 5) is 28.3.